The van der Waals surface area contributed by atoms with E-state index >= 15 is 0 Å². The van der Waals surface area contributed by atoms with Gasteiger partial charge in [0.25, 0.3) is 0 Å². The molecule has 0 N–H and O–H groups in total. The molecule has 0 radical (unpaired) electrons. The van der Waals surface area contributed by atoms with E-state index in [1.54, 1.807) is 27.7 Å². The number of ether oxygens (including phenoxy) is 1. The molecule has 0 rings (SSSR count). The Bertz CT molecular complexity index is 337. The van der Waals surface area contributed by atoms with E-state index < -0.39 is 42.4 Å². The topological polar surface area (TPSA) is 26.3 Å². The molecule has 7 heteroatoms. The molecule has 1 atom stereocenters. The number of rotatable bonds is 8. The molecule has 0 aromatic rings. The number of halogens is 5. The van der Waals surface area contributed by atoms with Crippen LogP contribution in [0.3, 0.4) is 0 Å². The molecule has 21 heavy (non-hydrogen) atoms. The van der Waals surface area contributed by atoms with E-state index in [2.05, 4.69) is 0 Å². The second-order valence-electron chi connectivity index (χ2n) is 5.79. The normalized spacial score (nSPS) is 14.9. The maximum Gasteiger partial charge on any atom is 0.453 e. The van der Waals surface area contributed by atoms with Gasteiger partial charge in [-0.1, -0.05) is 20.3 Å². The Morgan fingerprint density at radius 3 is 1.95 bits per heavy atom. The molecule has 1 unspecified atom stereocenters. The fourth-order valence-corrected chi connectivity index (χ4v) is 1.52. The van der Waals surface area contributed by atoms with Gasteiger partial charge in [-0.15, -0.1) is 0 Å². The number of carbonyl (C=O) groups excluding carboxylic acids is 1. The van der Waals surface area contributed by atoms with Gasteiger partial charge in [-0.3, -0.25) is 4.79 Å². The minimum atomic E-state index is -5.57. The van der Waals surface area contributed by atoms with Crippen LogP contribution in [0.5, 0.6) is 0 Å². The predicted molar refractivity (Wildman–Crippen MR) is 69.1 cm³/mol. The van der Waals surface area contributed by atoms with Crippen LogP contribution in [0.4, 0.5) is 22.0 Å². The number of hydrogen-bond acceptors (Lipinski definition) is 2. The van der Waals surface area contributed by atoms with Gasteiger partial charge in [0.15, 0.2) is 0 Å². The molecule has 126 valence electrons. The lowest BCUT2D eigenvalue weighted by atomic mass is 9.90. The lowest BCUT2D eigenvalue weighted by molar-refractivity contribution is -0.285. The molecule has 0 amide bonds. The first kappa shape index (κ1) is 20.1. The van der Waals surface area contributed by atoms with Crippen molar-refractivity contribution in [3.8, 4) is 0 Å². The highest BCUT2D eigenvalue weighted by molar-refractivity contribution is 5.75. The lowest BCUT2D eigenvalue weighted by Gasteiger charge is -2.27. The van der Waals surface area contributed by atoms with Crippen molar-refractivity contribution >= 4 is 5.97 Å². The average Bonchev–Trinajstić information content (AvgIpc) is 2.34. The van der Waals surface area contributed by atoms with E-state index in [0.29, 0.717) is 12.8 Å². The zero-order valence-electron chi connectivity index (χ0n) is 12.8. The first-order valence-corrected chi connectivity index (χ1v) is 7.03. The highest BCUT2D eigenvalue weighted by Crippen LogP contribution is 2.39. The molecule has 0 saturated carbocycles. The second-order valence-corrected chi connectivity index (χ2v) is 5.79. The third-order valence-corrected chi connectivity index (χ3v) is 3.52. The highest BCUT2D eigenvalue weighted by atomic mass is 19.4. The zero-order valence-corrected chi connectivity index (χ0v) is 12.8. The Morgan fingerprint density at radius 1 is 1.05 bits per heavy atom. The standard InChI is InChI=1S/C14H23F5O2/c1-5-7-10(21-11(20)12(3,4)6-2)8-9-13(15,16)14(17,18)19/h10H,5-9H2,1-4H3. The van der Waals surface area contributed by atoms with Gasteiger partial charge in [0.05, 0.1) is 5.41 Å². The molecule has 2 nitrogen and oxygen atoms in total. The molecule has 0 saturated heterocycles. The first-order chi connectivity index (χ1) is 9.37. The Kier molecular flexibility index (Phi) is 7.09. The van der Waals surface area contributed by atoms with Crippen molar-refractivity contribution in [2.75, 3.05) is 0 Å². The van der Waals surface area contributed by atoms with E-state index in [-0.39, 0.29) is 6.42 Å². The van der Waals surface area contributed by atoms with E-state index in [1.165, 1.54) is 0 Å². The number of alkyl halides is 5. The van der Waals surface area contributed by atoms with Crippen molar-refractivity contribution in [3.63, 3.8) is 0 Å². The minimum absolute atomic E-state index is 0.263. The summed E-state index contributed by atoms with van der Waals surface area (Å²) in [5, 5.41) is 0. The maximum absolute atomic E-state index is 12.9. The molecular weight excluding hydrogens is 295 g/mol. The molecule has 0 aliphatic rings. The predicted octanol–water partition coefficient (Wildman–Crippen LogP) is 5.11. The Hall–Kier alpha value is -0.880. The van der Waals surface area contributed by atoms with Crippen molar-refractivity contribution in [3.05, 3.63) is 0 Å². The molecule has 0 aliphatic heterocycles. The van der Waals surface area contributed by atoms with Crippen molar-refractivity contribution in [1.29, 1.82) is 0 Å². The van der Waals surface area contributed by atoms with Crippen molar-refractivity contribution in [2.24, 2.45) is 5.41 Å². The molecule has 0 spiro atoms. The first-order valence-electron chi connectivity index (χ1n) is 7.03. The van der Waals surface area contributed by atoms with Gasteiger partial charge >= 0.3 is 18.1 Å². The molecule has 0 aliphatic carbocycles. The summed E-state index contributed by atoms with van der Waals surface area (Å²) in [6.45, 7) is 6.80. The summed E-state index contributed by atoms with van der Waals surface area (Å²) >= 11 is 0. The zero-order chi connectivity index (χ0) is 16.9. The van der Waals surface area contributed by atoms with Crippen LogP contribution in [-0.2, 0) is 9.53 Å². The van der Waals surface area contributed by atoms with Crippen LogP contribution in [0.1, 0.15) is 59.8 Å². The third-order valence-electron chi connectivity index (χ3n) is 3.52. The van der Waals surface area contributed by atoms with Gasteiger partial charge in [0.1, 0.15) is 6.10 Å². The fraction of sp³-hybridized carbons (Fsp3) is 0.929. The summed E-state index contributed by atoms with van der Waals surface area (Å²) in [5.41, 5.74) is -0.779. The molecule has 0 heterocycles. The maximum atomic E-state index is 12.9. The average molecular weight is 318 g/mol. The van der Waals surface area contributed by atoms with Crippen LogP contribution in [0, 0.1) is 5.41 Å². The van der Waals surface area contributed by atoms with Crippen LogP contribution in [-0.4, -0.2) is 24.2 Å². The molecule has 0 aromatic heterocycles. The Morgan fingerprint density at radius 2 is 1.57 bits per heavy atom. The van der Waals surface area contributed by atoms with Crippen LogP contribution in [0.25, 0.3) is 0 Å². The van der Waals surface area contributed by atoms with Crippen molar-refractivity contribution in [1.82, 2.24) is 0 Å². The fourth-order valence-electron chi connectivity index (χ4n) is 1.52. The number of carbonyl (C=O) groups is 1. The smallest absolute Gasteiger partial charge is 0.453 e. The number of hydrogen-bond donors (Lipinski definition) is 0. The summed E-state index contributed by atoms with van der Waals surface area (Å²) in [5.74, 6) is -5.33. The SMILES string of the molecule is CCCC(CCC(F)(F)C(F)(F)F)OC(=O)C(C)(C)CC. The van der Waals surface area contributed by atoms with Gasteiger partial charge in [-0.05, 0) is 33.1 Å². The molecule has 0 bridgehead atoms. The molecule has 0 fully saturated rings. The summed E-state index contributed by atoms with van der Waals surface area (Å²) in [4.78, 5) is 11.9. The summed E-state index contributed by atoms with van der Waals surface area (Å²) in [6.07, 6.45) is -7.09. The largest absolute Gasteiger partial charge is 0.462 e. The third kappa shape index (κ3) is 6.18. The van der Waals surface area contributed by atoms with E-state index in [1.807, 2.05) is 0 Å². The van der Waals surface area contributed by atoms with Gasteiger partial charge in [-0.25, -0.2) is 0 Å². The van der Waals surface area contributed by atoms with E-state index in [0.717, 1.165) is 0 Å². The van der Waals surface area contributed by atoms with Crippen molar-refractivity contribution in [2.45, 2.75) is 78.0 Å². The Labute approximate surface area is 122 Å². The van der Waals surface area contributed by atoms with Crippen molar-refractivity contribution < 1.29 is 31.5 Å². The quantitative estimate of drug-likeness (QED) is 0.459. The summed E-state index contributed by atoms with van der Waals surface area (Å²) < 4.78 is 67.3. The van der Waals surface area contributed by atoms with Crippen LogP contribution in [0.2, 0.25) is 0 Å². The second kappa shape index (κ2) is 7.40. The minimum Gasteiger partial charge on any atom is -0.462 e. The lowest BCUT2D eigenvalue weighted by Crippen LogP contribution is -2.38. The van der Waals surface area contributed by atoms with Gasteiger partial charge in [0, 0.05) is 6.42 Å². The van der Waals surface area contributed by atoms with Gasteiger partial charge in [-0.2, -0.15) is 22.0 Å². The van der Waals surface area contributed by atoms with Gasteiger partial charge in [0.2, 0.25) is 0 Å². The highest BCUT2D eigenvalue weighted by Gasteiger charge is 2.56. The van der Waals surface area contributed by atoms with E-state index in [4.69, 9.17) is 4.74 Å². The van der Waals surface area contributed by atoms with E-state index in [9.17, 15) is 26.7 Å². The number of esters is 1. The van der Waals surface area contributed by atoms with Crippen LogP contribution >= 0.6 is 0 Å². The van der Waals surface area contributed by atoms with Crippen LogP contribution < -0.4 is 0 Å². The Balaban J connectivity index is 4.69. The van der Waals surface area contributed by atoms with Crippen LogP contribution in [0.15, 0.2) is 0 Å². The molecule has 0 aromatic carbocycles. The molecular formula is C14H23F5O2. The summed E-state index contributed by atoms with van der Waals surface area (Å²) in [7, 11) is 0. The monoisotopic (exact) mass is 318 g/mol. The summed E-state index contributed by atoms with van der Waals surface area (Å²) in [6, 6.07) is 0. The van der Waals surface area contributed by atoms with Gasteiger partial charge < -0.3 is 4.74 Å².